The molecule has 3 rings (SSSR count). The third-order valence-electron chi connectivity index (χ3n) is 6.77. The Balaban J connectivity index is 1.44. The van der Waals surface area contributed by atoms with Gasteiger partial charge in [0, 0.05) is 18.7 Å². The highest BCUT2D eigenvalue weighted by Crippen LogP contribution is 2.34. The van der Waals surface area contributed by atoms with E-state index < -0.39 is 14.6 Å². The van der Waals surface area contributed by atoms with Crippen molar-refractivity contribution in [1.82, 2.24) is 0 Å². The van der Waals surface area contributed by atoms with Gasteiger partial charge in [0.15, 0.2) is 9.84 Å². The van der Waals surface area contributed by atoms with E-state index >= 15 is 0 Å². The number of benzene rings is 1. The van der Waals surface area contributed by atoms with Gasteiger partial charge in [-0.25, -0.2) is 8.42 Å². The number of aryl methyl sites for hydroxylation is 1. The standard InChI is InChI=1S/C24H37NO3S/c1-24(2,3)29(27,28)18-21-11-9-19(10-12-21)7-8-20-13-15-22(16-14-20)25-17-5-4-6-23(25)26/h13-16,19,21H,4-12,17-18H2,1-3H3. The summed E-state index contributed by atoms with van der Waals surface area (Å²) < 4.78 is 24.3. The second kappa shape index (κ2) is 9.20. The van der Waals surface area contributed by atoms with Crippen LogP contribution >= 0.6 is 0 Å². The first-order valence-electron chi connectivity index (χ1n) is 11.3. The lowest BCUT2D eigenvalue weighted by atomic mass is 9.80. The maximum atomic E-state index is 12.5. The summed E-state index contributed by atoms with van der Waals surface area (Å²) in [5, 5.41) is 0. The van der Waals surface area contributed by atoms with Crippen LogP contribution in [0.4, 0.5) is 5.69 Å². The Morgan fingerprint density at radius 1 is 0.966 bits per heavy atom. The van der Waals surface area contributed by atoms with Gasteiger partial charge in [0.05, 0.1) is 10.5 Å². The summed E-state index contributed by atoms with van der Waals surface area (Å²) in [5.41, 5.74) is 2.36. The summed E-state index contributed by atoms with van der Waals surface area (Å²) in [6, 6.07) is 8.51. The zero-order valence-corrected chi connectivity index (χ0v) is 19.1. The molecule has 1 amide bonds. The van der Waals surface area contributed by atoms with E-state index in [-0.39, 0.29) is 5.91 Å². The molecule has 1 saturated carbocycles. The van der Waals surface area contributed by atoms with E-state index in [9.17, 15) is 13.2 Å². The molecule has 2 aliphatic rings. The molecule has 162 valence electrons. The summed E-state index contributed by atoms with van der Waals surface area (Å²) in [5.74, 6) is 1.62. The molecule has 5 heteroatoms. The molecule has 29 heavy (non-hydrogen) atoms. The van der Waals surface area contributed by atoms with E-state index in [1.807, 2.05) is 4.90 Å². The summed E-state index contributed by atoms with van der Waals surface area (Å²) in [7, 11) is -3.02. The van der Waals surface area contributed by atoms with Gasteiger partial charge in [-0.1, -0.05) is 25.0 Å². The number of nitrogens with zero attached hydrogens (tertiary/aromatic N) is 1. The Morgan fingerprint density at radius 3 is 2.17 bits per heavy atom. The molecule has 0 spiro atoms. The Kier molecular flexibility index (Phi) is 7.08. The smallest absolute Gasteiger partial charge is 0.226 e. The Hall–Kier alpha value is -1.36. The first-order valence-corrected chi connectivity index (χ1v) is 12.9. The molecule has 1 heterocycles. The van der Waals surface area contributed by atoms with Crippen LogP contribution in [0.2, 0.25) is 0 Å². The predicted molar refractivity (Wildman–Crippen MR) is 120 cm³/mol. The van der Waals surface area contributed by atoms with Gasteiger partial charge in [-0.3, -0.25) is 4.79 Å². The normalized spacial score (nSPS) is 24.0. The number of carbonyl (C=O) groups is 1. The number of sulfone groups is 1. The SMILES string of the molecule is CC(C)(C)S(=O)(=O)CC1CCC(CCc2ccc(N3CCCCC3=O)cc2)CC1. The zero-order valence-electron chi connectivity index (χ0n) is 18.3. The molecule has 0 atom stereocenters. The molecule has 4 nitrogen and oxygen atoms in total. The van der Waals surface area contributed by atoms with Crippen LogP contribution in [-0.4, -0.2) is 31.4 Å². The van der Waals surface area contributed by atoms with Crippen molar-refractivity contribution in [3.8, 4) is 0 Å². The number of hydrogen-bond donors (Lipinski definition) is 0. The van der Waals surface area contributed by atoms with E-state index in [4.69, 9.17) is 0 Å². The number of piperidine rings is 1. The topological polar surface area (TPSA) is 54.5 Å². The lowest BCUT2D eigenvalue weighted by molar-refractivity contribution is -0.119. The zero-order chi connectivity index (χ0) is 21.1. The molecule has 1 aromatic carbocycles. The van der Waals surface area contributed by atoms with Crippen molar-refractivity contribution >= 4 is 21.4 Å². The van der Waals surface area contributed by atoms with Crippen LogP contribution in [0.3, 0.4) is 0 Å². The highest BCUT2D eigenvalue weighted by Gasteiger charge is 2.33. The Morgan fingerprint density at radius 2 is 1.59 bits per heavy atom. The van der Waals surface area contributed by atoms with Crippen LogP contribution in [-0.2, 0) is 21.1 Å². The van der Waals surface area contributed by atoms with Crippen molar-refractivity contribution in [3.63, 3.8) is 0 Å². The van der Waals surface area contributed by atoms with Crippen molar-refractivity contribution in [2.24, 2.45) is 11.8 Å². The number of anilines is 1. The molecular weight excluding hydrogens is 382 g/mol. The van der Waals surface area contributed by atoms with E-state index in [2.05, 4.69) is 24.3 Å². The maximum Gasteiger partial charge on any atom is 0.226 e. The van der Waals surface area contributed by atoms with E-state index in [1.54, 1.807) is 20.8 Å². The van der Waals surface area contributed by atoms with Crippen molar-refractivity contribution in [1.29, 1.82) is 0 Å². The van der Waals surface area contributed by atoms with Crippen molar-refractivity contribution in [2.75, 3.05) is 17.2 Å². The molecule has 0 bridgehead atoms. The second-order valence-electron chi connectivity index (χ2n) is 9.99. The van der Waals surface area contributed by atoms with Gasteiger partial charge >= 0.3 is 0 Å². The highest BCUT2D eigenvalue weighted by molar-refractivity contribution is 7.92. The van der Waals surface area contributed by atoms with E-state index in [0.717, 1.165) is 57.2 Å². The van der Waals surface area contributed by atoms with Crippen LogP contribution in [0, 0.1) is 11.8 Å². The lowest BCUT2D eigenvalue weighted by Gasteiger charge is -2.30. The number of rotatable bonds is 6. The fraction of sp³-hybridized carbons (Fsp3) is 0.708. The molecule has 0 N–H and O–H groups in total. The van der Waals surface area contributed by atoms with Crippen molar-refractivity contribution < 1.29 is 13.2 Å². The van der Waals surface area contributed by atoms with Crippen molar-refractivity contribution in [3.05, 3.63) is 29.8 Å². The monoisotopic (exact) mass is 419 g/mol. The van der Waals surface area contributed by atoms with Crippen LogP contribution < -0.4 is 4.90 Å². The largest absolute Gasteiger partial charge is 0.312 e. The summed E-state index contributed by atoms with van der Waals surface area (Å²) in [6.45, 7) is 6.26. The second-order valence-corrected chi connectivity index (χ2v) is 12.8. The van der Waals surface area contributed by atoms with Gasteiger partial charge < -0.3 is 4.90 Å². The molecule has 1 aromatic rings. The number of amides is 1. The van der Waals surface area contributed by atoms with Crippen LogP contribution in [0.1, 0.15) is 77.7 Å². The average molecular weight is 420 g/mol. The van der Waals surface area contributed by atoms with Gasteiger partial charge in [-0.05, 0) is 88.8 Å². The quantitative estimate of drug-likeness (QED) is 0.640. The fourth-order valence-corrected chi connectivity index (χ4v) is 5.99. The molecule has 0 aromatic heterocycles. The number of carbonyl (C=O) groups excluding carboxylic acids is 1. The van der Waals surface area contributed by atoms with Gasteiger partial charge in [-0.15, -0.1) is 0 Å². The summed E-state index contributed by atoms with van der Waals surface area (Å²) in [6.07, 6.45) is 9.36. The molecule has 1 saturated heterocycles. The first-order chi connectivity index (χ1) is 13.7. The number of hydrogen-bond acceptors (Lipinski definition) is 3. The van der Waals surface area contributed by atoms with E-state index in [1.165, 1.54) is 12.0 Å². The average Bonchev–Trinajstić information content (AvgIpc) is 2.67. The molecule has 0 unspecified atom stereocenters. The third-order valence-corrected chi connectivity index (χ3v) is 9.54. The third kappa shape index (κ3) is 5.84. The molecular formula is C24H37NO3S. The van der Waals surface area contributed by atoms with Gasteiger partial charge in [0.2, 0.25) is 5.91 Å². The molecule has 0 radical (unpaired) electrons. The van der Waals surface area contributed by atoms with Crippen LogP contribution in [0.5, 0.6) is 0 Å². The first kappa shape index (κ1) is 22.3. The summed E-state index contributed by atoms with van der Waals surface area (Å²) >= 11 is 0. The Bertz CT molecular complexity index is 784. The summed E-state index contributed by atoms with van der Waals surface area (Å²) in [4.78, 5) is 14.0. The minimum absolute atomic E-state index is 0.245. The van der Waals surface area contributed by atoms with Gasteiger partial charge in [0.1, 0.15) is 0 Å². The fourth-order valence-electron chi connectivity index (χ4n) is 4.54. The van der Waals surface area contributed by atoms with Gasteiger partial charge in [-0.2, -0.15) is 0 Å². The van der Waals surface area contributed by atoms with E-state index in [0.29, 0.717) is 24.0 Å². The predicted octanol–water partition coefficient (Wildman–Crippen LogP) is 5.16. The highest BCUT2D eigenvalue weighted by atomic mass is 32.2. The molecule has 2 fully saturated rings. The van der Waals surface area contributed by atoms with Gasteiger partial charge in [0.25, 0.3) is 0 Å². The molecule has 1 aliphatic heterocycles. The van der Waals surface area contributed by atoms with Crippen molar-refractivity contribution in [2.45, 2.75) is 83.3 Å². The minimum Gasteiger partial charge on any atom is -0.312 e. The van der Waals surface area contributed by atoms with Crippen LogP contribution in [0.25, 0.3) is 0 Å². The Labute approximate surface area is 177 Å². The van der Waals surface area contributed by atoms with Crippen LogP contribution in [0.15, 0.2) is 24.3 Å². The maximum absolute atomic E-state index is 12.5. The minimum atomic E-state index is -3.02. The molecule has 1 aliphatic carbocycles. The lowest BCUT2D eigenvalue weighted by Crippen LogP contribution is -2.35.